The van der Waals surface area contributed by atoms with Crippen LogP contribution in [-0.4, -0.2) is 28.8 Å². The summed E-state index contributed by atoms with van der Waals surface area (Å²) in [7, 11) is 1.65. The number of carbonyl (C=O) groups is 1. The standard InChI is InChI=1S/C20H21N3O2S2/c1-13-4-7-16(10-14(13)2)18(24)12-26-20-23-22-19(27-20)21-11-15-5-8-17(25-3)9-6-15/h4-10H,11-12H2,1-3H3,(H,21,22). The summed E-state index contributed by atoms with van der Waals surface area (Å²) >= 11 is 2.87. The van der Waals surface area contributed by atoms with Gasteiger partial charge in [0, 0.05) is 12.1 Å². The van der Waals surface area contributed by atoms with Crippen LogP contribution in [0.3, 0.4) is 0 Å². The van der Waals surface area contributed by atoms with Crippen molar-refractivity contribution in [3.05, 3.63) is 64.7 Å². The largest absolute Gasteiger partial charge is 0.497 e. The number of thioether (sulfide) groups is 1. The second-order valence-corrected chi connectivity index (χ2v) is 8.29. The van der Waals surface area contributed by atoms with E-state index in [2.05, 4.69) is 15.5 Å². The van der Waals surface area contributed by atoms with Gasteiger partial charge in [0.05, 0.1) is 12.9 Å². The normalized spacial score (nSPS) is 10.6. The number of ketones is 1. The molecule has 1 aromatic heterocycles. The summed E-state index contributed by atoms with van der Waals surface area (Å²) in [4.78, 5) is 12.4. The summed E-state index contributed by atoms with van der Waals surface area (Å²) < 4.78 is 5.94. The Hall–Kier alpha value is -2.38. The summed E-state index contributed by atoms with van der Waals surface area (Å²) in [6, 6.07) is 13.7. The van der Waals surface area contributed by atoms with E-state index in [1.807, 2.05) is 56.3 Å². The molecule has 0 atom stereocenters. The molecule has 7 heteroatoms. The quantitative estimate of drug-likeness (QED) is 0.436. The Morgan fingerprint density at radius 2 is 1.89 bits per heavy atom. The first kappa shape index (κ1) is 19.4. The van der Waals surface area contributed by atoms with Crippen LogP contribution in [0.15, 0.2) is 46.8 Å². The number of anilines is 1. The molecule has 1 N–H and O–H groups in total. The van der Waals surface area contributed by atoms with Gasteiger partial charge in [-0.3, -0.25) is 4.79 Å². The molecule has 0 amide bonds. The second-order valence-electron chi connectivity index (χ2n) is 6.09. The van der Waals surface area contributed by atoms with E-state index in [9.17, 15) is 4.79 Å². The maximum atomic E-state index is 12.4. The van der Waals surface area contributed by atoms with Crippen LogP contribution in [0.5, 0.6) is 5.75 Å². The summed E-state index contributed by atoms with van der Waals surface area (Å²) in [5.41, 5.74) is 4.20. The van der Waals surface area contributed by atoms with Gasteiger partial charge in [-0.05, 0) is 48.7 Å². The molecule has 27 heavy (non-hydrogen) atoms. The number of hydrogen-bond donors (Lipinski definition) is 1. The number of benzene rings is 2. The van der Waals surface area contributed by atoms with Gasteiger partial charge in [-0.25, -0.2) is 0 Å². The minimum absolute atomic E-state index is 0.103. The van der Waals surface area contributed by atoms with Crippen LogP contribution < -0.4 is 10.1 Å². The molecule has 1 heterocycles. The van der Waals surface area contributed by atoms with Crippen molar-refractivity contribution < 1.29 is 9.53 Å². The molecule has 0 saturated carbocycles. The number of aryl methyl sites for hydroxylation is 2. The van der Waals surface area contributed by atoms with E-state index in [-0.39, 0.29) is 5.78 Å². The lowest BCUT2D eigenvalue weighted by Crippen LogP contribution is -2.03. The molecule has 140 valence electrons. The summed E-state index contributed by atoms with van der Waals surface area (Å²) in [6.45, 7) is 4.72. The first-order valence-corrected chi connectivity index (χ1v) is 10.3. The smallest absolute Gasteiger partial charge is 0.206 e. The highest BCUT2D eigenvalue weighted by molar-refractivity contribution is 8.01. The molecule has 3 rings (SSSR count). The van der Waals surface area contributed by atoms with E-state index < -0.39 is 0 Å². The van der Waals surface area contributed by atoms with Crippen molar-refractivity contribution in [2.45, 2.75) is 24.7 Å². The molecule has 0 radical (unpaired) electrons. The zero-order valence-corrected chi connectivity index (χ0v) is 17.1. The molecule has 0 aliphatic heterocycles. The molecule has 0 spiro atoms. The minimum Gasteiger partial charge on any atom is -0.497 e. The number of Topliss-reactive ketones (excluding diaryl/α,β-unsaturated/α-hetero) is 1. The van der Waals surface area contributed by atoms with E-state index in [0.717, 1.165) is 31.9 Å². The number of methoxy groups -OCH3 is 1. The topological polar surface area (TPSA) is 64.1 Å². The number of carbonyl (C=O) groups excluding carboxylic acids is 1. The average molecular weight is 400 g/mol. The van der Waals surface area contributed by atoms with Gasteiger partial charge in [-0.2, -0.15) is 0 Å². The molecule has 2 aromatic carbocycles. The van der Waals surface area contributed by atoms with Crippen molar-refractivity contribution in [1.82, 2.24) is 10.2 Å². The highest BCUT2D eigenvalue weighted by atomic mass is 32.2. The maximum Gasteiger partial charge on any atom is 0.206 e. The molecular formula is C20H21N3O2S2. The highest BCUT2D eigenvalue weighted by Gasteiger charge is 2.11. The first-order chi connectivity index (χ1) is 13.0. The lowest BCUT2D eigenvalue weighted by Gasteiger charge is -2.04. The fourth-order valence-corrected chi connectivity index (χ4v) is 4.03. The molecule has 3 aromatic rings. The van der Waals surface area contributed by atoms with Gasteiger partial charge < -0.3 is 10.1 Å². The third-order valence-electron chi connectivity index (χ3n) is 4.16. The number of nitrogens with one attached hydrogen (secondary N) is 1. The van der Waals surface area contributed by atoms with Crippen LogP contribution in [0.25, 0.3) is 0 Å². The van der Waals surface area contributed by atoms with E-state index in [1.165, 1.54) is 28.7 Å². The molecule has 0 aliphatic carbocycles. The molecule has 0 saturated heterocycles. The molecule has 5 nitrogen and oxygen atoms in total. The van der Waals surface area contributed by atoms with Gasteiger partial charge >= 0.3 is 0 Å². The van der Waals surface area contributed by atoms with Gasteiger partial charge in [0.15, 0.2) is 10.1 Å². The lowest BCUT2D eigenvalue weighted by molar-refractivity contribution is 0.102. The highest BCUT2D eigenvalue weighted by Crippen LogP contribution is 2.26. The van der Waals surface area contributed by atoms with E-state index in [0.29, 0.717) is 12.3 Å². The average Bonchev–Trinajstić information content (AvgIpc) is 3.15. The summed E-state index contributed by atoms with van der Waals surface area (Å²) in [5.74, 6) is 1.29. The molecule has 0 aliphatic rings. The predicted molar refractivity (Wildman–Crippen MR) is 111 cm³/mol. The lowest BCUT2D eigenvalue weighted by atomic mass is 10.0. The van der Waals surface area contributed by atoms with Crippen molar-refractivity contribution >= 4 is 34.0 Å². The third-order valence-corrected chi connectivity index (χ3v) is 6.18. The van der Waals surface area contributed by atoms with Crippen molar-refractivity contribution in [2.24, 2.45) is 0 Å². The Labute approximate surface area is 167 Å². The third kappa shape index (κ3) is 5.30. The number of rotatable bonds is 8. The number of nitrogens with zero attached hydrogens (tertiary/aromatic N) is 2. The Morgan fingerprint density at radius 3 is 2.59 bits per heavy atom. The van der Waals surface area contributed by atoms with Gasteiger partial charge in [-0.1, -0.05) is 47.4 Å². The maximum absolute atomic E-state index is 12.4. The monoisotopic (exact) mass is 399 g/mol. The zero-order chi connectivity index (χ0) is 19.2. The van der Waals surface area contributed by atoms with Gasteiger partial charge in [-0.15, -0.1) is 10.2 Å². The number of hydrogen-bond acceptors (Lipinski definition) is 7. The molecular weight excluding hydrogens is 378 g/mol. The number of aromatic nitrogens is 2. The van der Waals surface area contributed by atoms with Crippen LogP contribution in [0.4, 0.5) is 5.13 Å². The summed E-state index contributed by atoms with van der Waals surface area (Å²) in [5, 5.41) is 12.3. The van der Waals surface area contributed by atoms with Crippen molar-refractivity contribution in [1.29, 1.82) is 0 Å². The first-order valence-electron chi connectivity index (χ1n) is 8.48. The van der Waals surface area contributed by atoms with Gasteiger partial charge in [0.25, 0.3) is 0 Å². The Kier molecular flexibility index (Phi) is 6.47. The van der Waals surface area contributed by atoms with Crippen molar-refractivity contribution in [3.8, 4) is 5.75 Å². The van der Waals surface area contributed by atoms with E-state index in [4.69, 9.17) is 4.74 Å². The second kappa shape index (κ2) is 9.01. The van der Waals surface area contributed by atoms with Gasteiger partial charge in [0.2, 0.25) is 5.13 Å². The SMILES string of the molecule is COc1ccc(CNc2nnc(SCC(=O)c3ccc(C)c(C)c3)s2)cc1. The number of ether oxygens (including phenoxy) is 1. The van der Waals surface area contributed by atoms with Crippen molar-refractivity contribution in [2.75, 3.05) is 18.2 Å². The minimum atomic E-state index is 0.103. The van der Waals surface area contributed by atoms with Crippen LogP contribution in [0.1, 0.15) is 27.0 Å². The molecule has 0 fully saturated rings. The molecule has 0 bridgehead atoms. The fourth-order valence-electron chi connectivity index (χ4n) is 2.39. The van der Waals surface area contributed by atoms with Crippen LogP contribution >= 0.6 is 23.1 Å². The van der Waals surface area contributed by atoms with Gasteiger partial charge in [0.1, 0.15) is 5.75 Å². The van der Waals surface area contributed by atoms with Crippen LogP contribution in [0, 0.1) is 13.8 Å². The molecule has 0 unspecified atom stereocenters. The summed E-state index contributed by atoms with van der Waals surface area (Å²) in [6.07, 6.45) is 0. The van der Waals surface area contributed by atoms with Crippen molar-refractivity contribution in [3.63, 3.8) is 0 Å². The van der Waals surface area contributed by atoms with E-state index >= 15 is 0 Å². The fraction of sp³-hybridized carbons (Fsp3) is 0.250. The zero-order valence-electron chi connectivity index (χ0n) is 15.5. The van der Waals surface area contributed by atoms with Crippen LogP contribution in [-0.2, 0) is 6.54 Å². The Balaban J connectivity index is 1.51. The Morgan fingerprint density at radius 1 is 1.11 bits per heavy atom. The van der Waals surface area contributed by atoms with Crippen LogP contribution in [0.2, 0.25) is 0 Å². The predicted octanol–water partition coefficient (Wildman–Crippen LogP) is 4.75. The van der Waals surface area contributed by atoms with E-state index in [1.54, 1.807) is 7.11 Å². The Bertz CT molecular complexity index is 923.